The molecule has 1 aromatic rings. The van der Waals surface area contributed by atoms with E-state index in [0.717, 1.165) is 24.3 Å². The number of benzene rings is 1. The van der Waals surface area contributed by atoms with Crippen LogP contribution in [0.5, 0.6) is 11.5 Å². The highest BCUT2D eigenvalue weighted by molar-refractivity contribution is 5.74. The van der Waals surface area contributed by atoms with Crippen LogP contribution in [0.15, 0.2) is 24.3 Å². The van der Waals surface area contributed by atoms with Crippen LogP contribution in [-0.2, 0) is 0 Å². The van der Waals surface area contributed by atoms with Crippen molar-refractivity contribution >= 4 is 6.03 Å². The molecule has 3 rings (SSSR count). The zero-order chi connectivity index (χ0) is 15.2. The van der Waals surface area contributed by atoms with Gasteiger partial charge in [-0.05, 0) is 25.0 Å². The Kier molecular flexibility index (Phi) is 5.03. The summed E-state index contributed by atoms with van der Waals surface area (Å²) in [6.45, 7) is 0.910. The van der Waals surface area contributed by atoms with Crippen molar-refractivity contribution in [2.24, 2.45) is 0 Å². The lowest BCUT2D eigenvalue weighted by Gasteiger charge is -2.27. The van der Waals surface area contributed by atoms with Crippen molar-refractivity contribution < 1.29 is 14.3 Å². The first kappa shape index (κ1) is 15.0. The molecule has 5 nitrogen and oxygen atoms in total. The molecule has 2 amide bonds. The largest absolute Gasteiger partial charge is 0.486 e. The molecule has 1 saturated carbocycles. The molecule has 2 aliphatic rings. The molecule has 1 unspecified atom stereocenters. The summed E-state index contributed by atoms with van der Waals surface area (Å²) >= 11 is 0. The summed E-state index contributed by atoms with van der Waals surface area (Å²) < 4.78 is 11.5. The van der Waals surface area contributed by atoms with Gasteiger partial charge in [-0.15, -0.1) is 0 Å². The standard InChI is InChI=1S/C17H24N2O3/c20-17(19-13-7-3-1-2-4-8-13)18-11-14-12-21-15-9-5-6-10-16(15)22-14/h5-6,9-10,13-14H,1-4,7-8,11-12H2,(H2,18,19,20). The van der Waals surface area contributed by atoms with Crippen LogP contribution in [0.4, 0.5) is 4.79 Å². The molecule has 0 radical (unpaired) electrons. The molecular weight excluding hydrogens is 280 g/mol. The third-order valence-corrected chi connectivity index (χ3v) is 4.25. The second kappa shape index (κ2) is 7.38. The average molecular weight is 304 g/mol. The van der Waals surface area contributed by atoms with E-state index in [0.29, 0.717) is 19.2 Å². The zero-order valence-corrected chi connectivity index (χ0v) is 12.8. The van der Waals surface area contributed by atoms with Crippen molar-refractivity contribution in [3.63, 3.8) is 0 Å². The quantitative estimate of drug-likeness (QED) is 0.844. The number of nitrogens with one attached hydrogen (secondary N) is 2. The van der Waals surface area contributed by atoms with Gasteiger partial charge in [0.25, 0.3) is 0 Å². The molecule has 0 bridgehead atoms. The smallest absolute Gasteiger partial charge is 0.315 e. The highest BCUT2D eigenvalue weighted by Gasteiger charge is 2.21. The zero-order valence-electron chi connectivity index (χ0n) is 12.8. The summed E-state index contributed by atoms with van der Waals surface area (Å²) in [5.41, 5.74) is 0. The van der Waals surface area contributed by atoms with Gasteiger partial charge >= 0.3 is 6.03 Å². The van der Waals surface area contributed by atoms with Crippen LogP contribution in [0.2, 0.25) is 0 Å². The van der Waals surface area contributed by atoms with Crippen molar-refractivity contribution in [2.75, 3.05) is 13.2 Å². The lowest BCUT2D eigenvalue weighted by atomic mass is 10.1. The van der Waals surface area contributed by atoms with E-state index >= 15 is 0 Å². The third kappa shape index (κ3) is 4.06. The maximum Gasteiger partial charge on any atom is 0.315 e. The number of carbonyl (C=O) groups is 1. The van der Waals surface area contributed by atoms with Gasteiger partial charge in [0, 0.05) is 6.04 Å². The van der Waals surface area contributed by atoms with Crippen molar-refractivity contribution in [3.8, 4) is 11.5 Å². The number of para-hydroxylation sites is 2. The predicted molar refractivity (Wildman–Crippen MR) is 84.4 cm³/mol. The first-order valence-corrected chi connectivity index (χ1v) is 8.24. The van der Waals surface area contributed by atoms with E-state index in [4.69, 9.17) is 9.47 Å². The molecule has 5 heteroatoms. The molecule has 1 atom stereocenters. The lowest BCUT2D eigenvalue weighted by Crippen LogP contribution is -2.47. The fraction of sp³-hybridized carbons (Fsp3) is 0.588. The minimum absolute atomic E-state index is 0.102. The molecule has 0 aromatic heterocycles. The number of hydrogen-bond donors (Lipinski definition) is 2. The monoisotopic (exact) mass is 304 g/mol. The van der Waals surface area contributed by atoms with Crippen molar-refractivity contribution in [3.05, 3.63) is 24.3 Å². The highest BCUT2D eigenvalue weighted by atomic mass is 16.6. The normalized spacial score (nSPS) is 21.7. The van der Waals surface area contributed by atoms with Gasteiger partial charge in [-0.2, -0.15) is 0 Å². The van der Waals surface area contributed by atoms with Gasteiger partial charge in [0.15, 0.2) is 17.6 Å². The van der Waals surface area contributed by atoms with Crippen LogP contribution in [0, 0.1) is 0 Å². The first-order chi connectivity index (χ1) is 10.8. The Morgan fingerprint density at radius 3 is 2.59 bits per heavy atom. The van der Waals surface area contributed by atoms with Crippen molar-refractivity contribution in [1.82, 2.24) is 10.6 Å². The summed E-state index contributed by atoms with van der Waals surface area (Å²) in [5.74, 6) is 1.51. The second-order valence-electron chi connectivity index (χ2n) is 6.04. The SMILES string of the molecule is O=C(NCC1COc2ccccc2O1)NC1CCCCCC1. The lowest BCUT2D eigenvalue weighted by molar-refractivity contribution is 0.0917. The minimum atomic E-state index is -0.144. The third-order valence-electron chi connectivity index (χ3n) is 4.25. The van der Waals surface area contributed by atoms with Crippen LogP contribution < -0.4 is 20.1 Å². The molecule has 1 fully saturated rings. The minimum Gasteiger partial charge on any atom is -0.486 e. The van der Waals surface area contributed by atoms with Crippen LogP contribution in [0.3, 0.4) is 0 Å². The van der Waals surface area contributed by atoms with Gasteiger partial charge in [0.1, 0.15) is 6.61 Å². The van der Waals surface area contributed by atoms with Gasteiger partial charge < -0.3 is 20.1 Å². The van der Waals surface area contributed by atoms with Crippen molar-refractivity contribution in [1.29, 1.82) is 0 Å². The van der Waals surface area contributed by atoms with E-state index in [2.05, 4.69) is 10.6 Å². The molecule has 1 aliphatic heterocycles. The molecule has 1 heterocycles. The Hall–Kier alpha value is -1.91. The fourth-order valence-corrected chi connectivity index (χ4v) is 3.03. The van der Waals surface area contributed by atoms with E-state index < -0.39 is 0 Å². The highest BCUT2D eigenvalue weighted by Crippen LogP contribution is 2.30. The Labute approximate surface area is 131 Å². The number of carbonyl (C=O) groups excluding carboxylic acids is 1. The van der Waals surface area contributed by atoms with Gasteiger partial charge in [-0.3, -0.25) is 0 Å². The van der Waals surface area contributed by atoms with Crippen LogP contribution in [0.25, 0.3) is 0 Å². The van der Waals surface area contributed by atoms with Gasteiger partial charge in [-0.25, -0.2) is 4.79 Å². The summed E-state index contributed by atoms with van der Waals surface area (Å²) in [4.78, 5) is 12.0. The molecule has 2 N–H and O–H groups in total. The predicted octanol–water partition coefficient (Wildman–Crippen LogP) is 2.85. The van der Waals surface area contributed by atoms with E-state index in [1.54, 1.807) is 0 Å². The molecule has 0 spiro atoms. The fourth-order valence-electron chi connectivity index (χ4n) is 3.03. The Bertz CT molecular complexity index is 498. The second-order valence-corrected chi connectivity index (χ2v) is 6.04. The molecule has 1 aromatic carbocycles. The van der Waals surface area contributed by atoms with E-state index in [1.165, 1.54) is 25.7 Å². The summed E-state index contributed by atoms with van der Waals surface area (Å²) in [5, 5.41) is 5.97. The number of urea groups is 1. The number of ether oxygens (including phenoxy) is 2. The number of amides is 2. The maximum absolute atomic E-state index is 12.0. The van der Waals surface area contributed by atoms with E-state index in [1.807, 2.05) is 24.3 Å². The van der Waals surface area contributed by atoms with Crippen LogP contribution >= 0.6 is 0 Å². The van der Waals surface area contributed by atoms with Crippen LogP contribution in [0.1, 0.15) is 38.5 Å². The molecular formula is C17H24N2O3. The number of rotatable bonds is 3. The van der Waals surface area contributed by atoms with Crippen LogP contribution in [-0.4, -0.2) is 31.3 Å². The number of hydrogen-bond acceptors (Lipinski definition) is 3. The Morgan fingerprint density at radius 2 is 1.82 bits per heavy atom. The maximum atomic E-state index is 12.0. The molecule has 0 saturated heterocycles. The summed E-state index contributed by atoms with van der Waals surface area (Å²) in [6, 6.07) is 7.81. The average Bonchev–Trinajstić information content (AvgIpc) is 2.81. The summed E-state index contributed by atoms with van der Waals surface area (Å²) in [6.07, 6.45) is 7.02. The molecule has 1 aliphatic carbocycles. The topological polar surface area (TPSA) is 59.6 Å². The number of fused-ring (bicyclic) bond motifs is 1. The Balaban J connectivity index is 1.42. The molecule has 120 valence electrons. The van der Waals surface area contributed by atoms with E-state index in [9.17, 15) is 4.79 Å². The van der Waals surface area contributed by atoms with E-state index in [-0.39, 0.29) is 12.1 Å². The van der Waals surface area contributed by atoms with Gasteiger partial charge in [-0.1, -0.05) is 37.8 Å². The van der Waals surface area contributed by atoms with Gasteiger partial charge in [0.2, 0.25) is 0 Å². The van der Waals surface area contributed by atoms with Crippen molar-refractivity contribution in [2.45, 2.75) is 50.7 Å². The summed E-state index contributed by atoms with van der Waals surface area (Å²) in [7, 11) is 0. The van der Waals surface area contributed by atoms with Gasteiger partial charge in [0.05, 0.1) is 6.54 Å². The molecule has 22 heavy (non-hydrogen) atoms. The first-order valence-electron chi connectivity index (χ1n) is 8.24. The Morgan fingerprint density at radius 1 is 1.09 bits per heavy atom.